The smallest absolute Gasteiger partial charge is 0.257 e. The minimum absolute atomic E-state index is 0.0483. The van der Waals surface area contributed by atoms with Gasteiger partial charge in [0, 0.05) is 37.1 Å². The highest BCUT2D eigenvalue weighted by atomic mass is 19.2. The van der Waals surface area contributed by atoms with Crippen LogP contribution in [-0.4, -0.2) is 43.1 Å². The van der Waals surface area contributed by atoms with Crippen LogP contribution in [0.4, 0.5) is 8.78 Å². The fourth-order valence-corrected chi connectivity index (χ4v) is 4.44. The van der Waals surface area contributed by atoms with Gasteiger partial charge in [-0.25, -0.2) is 13.8 Å². The van der Waals surface area contributed by atoms with Gasteiger partial charge in [0.15, 0.2) is 11.6 Å². The van der Waals surface area contributed by atoms with Crippen LogP contribution in [0.25, 0.3) is 22.3 Å². The number of hydrogen-bond donors (Lipinski definition) is 1. The molecule has 1 N–H and O–H groups in total. The predicted molar refractivity (Wildman–Crippen MR) is 112 cm³/mol. The van der Waals surface area contributed by atoms with E-state index in [-0.39, 0.29) is 17.5 Å². The van der Waals surface area contributed by atoms with Gasteiger partial charge in [-0.2, -0.15) is 5.10 Å². The number of carbonyl (C=O) groups is 1. The lowest BCUT2D eigenvalue weighted by atomic mass is 10.1. The van der Waals surface area contributed by atoms with Crippen LogP contribution >= 0.6 is 0 Å². The van der Waals surface area contributed by atoms with Crippen molar-refractivity contribution in [1.29, 1.82) is 0 Å². The first-order chi connectivity index (χ1) is 15.0. The molecule has 8 heteroatoms. The molecule has 4 heterocycles. The molecule has 0 spiro atoms. The van der Waals surface area contributed by atoms with Crippen LogP contribution in [-0.2, 0) is 6.54 Å². The molecular weight excluding hydrogens is 400 g/mol. The second kappa shape index (κ2) is 7.61. The van der Waals surface area contributed by atoms with Crippen molar-refractivity contribution in [3.63, 3.8) is 0 Å². The van der Waals surface area contributed by atoms with Gasteiger partial charge >= 0.3 is 0 Å². The number of halogens is 2. The van der Waals surface area contributed by atoms with Gasteiger partial charge in [-0.1, -0.05) is 6.07 Å². The number of fused-ring (bicyclic) bond motifs is 1. The number of aromatic nitrogens is 4. The number of aromatic amines is 1. The Morgan fingerprint density at radius 2 is 2.10 bits per heavy atom. The third kappa shape index (κ3) is 3.48. The lowest BCUT2D eigenvalue weighted by molar-refractivity contribution is 0.0736. The second-order valence-corrected chi connectivity index (χ2v) is 8.07. The van der Waals surface area contributed by atoms with Gasteiger partial charge in [0.1, 0.15) is 0 Å². The zero-order valence-electron chi connectivity index (χ0n) is 16.9. The van der Waals surface area contributed by atoms with Crippen LogP contribution in [0.1, 0.15) is 23.7 Å². The van der Waals surface area contributed by atoms with Gasteiger partial charge in [-0.3, -0.25) is 9.89 Å². The van der Waals surface area contributed by atoms with Crippen molar-refractivity contribution in [3.05, 3.63) is 72.2 Å². The van der Waals surface area contributed by atoms with E-state index in [9.17, 15) is 13.6 Å². The predicted octanol–water partition coefficient (Wildman–Crippen LogP) is 4.26. The molecule has 0 bridgehead atoms. The Balaban J connectivity index is 1.34. The summed E-state index contributed by atoms with van der Waals surface area (Å²) in [5.41, 5.74) is 3.47. The number of rotatable bonds is 4. The average molecular weight is 421 g/mol. The summed E-state index contributed by atoms with van der Waals surface area (Å²) < 4.78 is 29.8. The topological polar surface area (TPSA) is 66.8 Å². The quantitative estimate of drug-likeness (QED) is 0.536. The van der Waals surface area contributed by atoms with E-state index in [1.54, 1.807) is 17.3 Å². The maximum absolute atomic E-state index is 14.1. The highest BCUT2D eigenvalue weighted by Crippen LogP contribution is 2.29. The molecule has 1 aromatic carbocycles. The van der Waals surface area contributed by atoms with Crippen molar-refractivity contribution in [2.45, 2.75) is 25.9 Å². The van der Waals surface area contributed by atoms with Crippen molar-refractivity contribution in [3.8, 4) is 11.3 Å². The van der Waals surface area contributed by atoms with Crippen LogP contribution < -0.4 is 0 Å². The van der Waals surface area contributed by atoms with E-state index in [1.807, 2.05) is 31.3 Å². The summed E-state index contributed by atoms with van der Waals surface area (Å²) in [6, 6.07) is 9.64. The monoisotopic (exact) mass is 421 g/mol. The SMILES string of the molecule is C[C@@H]1C[C@H](Cn2ccc3nc(-c4cn[nH]c4)ccc32)CN1C(=O)c1cccc(F)c1F. The zero-order valence-corrected chi connectivity index (χ0v) is 16.9. The van der Waals surface area contributed by atoms with Gasteiger partial charge in [0.25, 0.3) is 5.91 Å². The summed E-state index contributed by atoms with van der Waals surface area (Å²) in [4.78, 5) is 19.2. The Kier molecular flexibility index (Phi) is 4.77. The van der Waals surface area contributed by atoms with E-state index < -0.39 is 17.5 Å². The highest BCUT2D eigenvalue weighted by Gasteiger charge is 2.34. The molecule has 0 unspecified atom stereocenters. The van der Waals surface area contributed by atoms with Crippen molar-refractivity contribution in [1.82, 2.24) is 24.6 Å². The number of nitrogens with zero attached hydrogens (tertiary/aromatic N) is 4. The number of amides is 1. The molecule has 5 rings (SSSR count). The summed E-state index contributed by atoms with van der Waals surface area (Å²) in [6.45, 7) is 3.16. The Morgan fingerprint density at radius 3 is 2.90 bits per heavy atom. The van der Waals surface area contributed by atoms with Gasteiger partial charge < -0.3 is 9.47 Å². The second-order valence-electron chi connectivity index (χ2n) is 8.07. The standard InChI is InChI=1S/C23H21F2N5O/c1-14-9-15(13-30(14)23(31)17-3-2-4-18(24)22(17)25)12-29-8-7-20-21(29)6-5-19(28-20)16-10-26-27-11-16/h2-8,10-11,14-15H,9,12-13H2,1H3,(H,26,27)/t14-,15-/m1/s1. The summed E-state index contributed by atoms with van der Waals surface area (Å²) in [7, 11) is 0. The lowest BCUT2D eigenvalue weighted by Crippen LogP contribution is -2.34. The fraction of sp³-hybridized carbons (Fsp3) is 0.261. The zero-order chi connectivity index (χ0) is 21.5. The number of carbonyl (C=O) groups excluding carboxylic acids is 1. The molecule has 1 saturated heterocycles. The van der Waals surface area contributed by atoms with Gasteiger partial charge in [0.2, 0.25) is 0 Å². The lowest BCUT2D eigenvalue weighted by Gasteiger charge is -2.22. The Bertz CT molecular complexity index is 1250. The summed E-state index contributed by atoms with van der Waals surface area (Å²) in [5, 5.41) is 6.76. The van der Waals surface area contributed by atoms with Crippen LogP contribution in [0.5, 0.6) is 0 Å². The molecule has 158 valence electrons. The van der Waals surface area contributed by atoms with E-state index in [0.29, 0.717) is 6.54 Å². The largest absolute Gasteiger partial charge is 0.346 e. The van der Waals surface area contributed by atoms with Gasteiger partial charge in [-0.05, 0) is 49.6 Å². The van der Waals surface area contributed by atoms with Crippen molar-refractivity contribution < 1.29 is 13.6 Å². The molecule has 4 aromatic rings. The van der Waals surface area contributed by atoms with E-state index in [2.05, 4.69) is 14.8 Å². The maximum Gasteiger partial charge on any atom is 0.257 e. The first-order valence-electron chi connectivity index (χ1n) is 10.2. The summed E-state index contributed by atoms with van der Waals surface area (Å²) in [5.74, 6) is -2.34. The third-order valence-corrected chi connectivity index (χ3v) is 5.98. The van der Waals surface area contributed by atoms with Crippen LogP contribution in [0.2, 0.25) is 0 Å². The normalized spacial score (nSPS) is 18.7. The molecule has 3 aromatic heterocycles. The van der Waals surface area contributed by atoms with Gasteiger partial charge in [-0.15, -0.1) is 0 Å². The van der Waals surface area contributed by atoms with E-state index >= 15 is 0 Å². The molecule has 6 nitrogen and oxygen atoms in total. The number of benzene rings is 1. The Morgan fingerprint density at radius 1 is 1.23 bits per heavy atom. The number of H-pyrrole nitrogens is 1. The van der Waals surface area contributed by atoms with Crippen LogP contribution in [0.3, 0.4) is 0 Å². The van der Waals surface area contributed by atoms with Crippen molar-refractivity contribution in [2.24, 2.45) is 5.92 Å². The minimum atomic E-state index is -1.08. The number of likely N-dealkylation sites (tertiary alicyclic amines) is 1. The number of pyridine rings is 1. The molecular formula is C23H21F2N5O. The van der Waals surface area contributed by atoms with Gasteiger partial charge in [0.05, 0.1) is 28.5 Å². The first-order valence-corrected chi connectivity index (χ1v) is 10.2. The maximum atomic E-state index is 14.1. The number of hydrogen-bond acceptors (Lipinski definition) is 3. The Hall–Kier alpha value is -3.55. The fourth-order valence-electron chi connectivity index (χ4n) is 4.44. The Labute approximate surface area is 177 Å². The third-order valence-electron chi connectivity index (χ3n) is 5.98. The summed E-state index contributed by atoms with van der Waals surface area (Å²) >= 11 is 0. The minimum Gasteiger partial charge on any atom is -0.346 e. The van der Waals surface area contributed by atoms with E-state index in [4.69, 9.17) is 4.98 Å². The first kappa shape index (κ1) is 19.4. The van der Waals surface area contributed by atoms with Crippen molar-refractivity contribution >= 4 is 16.9 Å². The average Bonchev–Trinajstić information content (AvgIpc) is 3.50. The highest BCUT2D eigenvalue weighted by molar-refractivity contribution is 5.95. The van der Waals surface area contributed by atoms with E-state index in [0.717, 1.165) is 41.3 Å². The molecule has 1 aliphatic heterocycles. The molecule has 1 fully saturated rings. The number of nitrogens with one attached hydrogen (secondary N) is 1. The molecule has 1 amide bonds. The van der Waals surface area contributed by atoms with Crippen LogP contribution in [0.15, 0.2) is 55.0 Å². The van der Waals surface area contributed by atoms with Crippen molar-refractivity contribution in [2.75, 3.05) is 6.54 Å². The molecule has 0 aliphatic carbocycles. The van der Waals surface area contributed by atoms with E-state index in [1.165, 1.54) is 12.1 Å². The molecule has 2 atom stereocenters. The molecule has 0 radical (unpaired) electrons. The molecule has 0 saturated carbocycles. The van der Waals surface area contributed by atoms with Crippen LogP contribution in [0, 0.1) is 17.6 Å². The molecule has 31 heavy (non-hydrogen) atoms. The summed E-state index contributed by atoms with van der Waals surface area (Å²) in [6.07, 6.45) is 6.33. The molecule has 1 aliphatic rings.